The van der Waals surface area contributed by atoms with Gasteiger partial charge < -0.3 is 10.1 Å². The van der Waals surface area contributed by atoms with Crippen LogP contribution in [-0.4, -0.2) is 23.6 Å². The number of rotatable bonds is 5. The molecule has 4 nitrogen and oxygen atoms in total. The molecule has 0 saturated heterocycles. The van der Waals surface area contributed by atoms with Gasteiger partial charge in [-0.2, -0.15) is 0 Å². The first-order valence-electron chi connectivity index (χ1n) is 5.43. The number of pyridine rings is 1. The number of hydrogen-bond donors (Lipinski definition) is 1. The Morgan fingerprint density at radius 1 is 1.41 bits per heavy atom. The molecule has 0 amide bonds. The predicted octanol–water partition coefficient (Wildman–Crippen LogP) is 2.51. The number of aryl methyl sites for hydroxylation is 1. The van der Waals surface area contributed by atoms with Crippen LogP contribution in [0.5, 0.6) is 5.75 Å². The summed E-state index contributed by atoms with van der Waals surface area (Å²) in [5, 5.41) is 6.46. The lowest BCUT2D eigenvalue weighted by Gasteiger charge is -2.05. The molecule has 90 valence electrons. The van der Waals surface area contributed by atoms with E-state index < -0.39 is 0 Å². The normalized spacial score (nSPS) is 10.2. The number of methoxy groups -OCH3 is 1. The first kappa shape index (κ1) is 11.9. The van der Waals surface area contributed by atoms with Crippen molar-refractivity contribution in [3.63, 3.8) is 0 Å². The lowest BCUT2D eigenvalue weighted by molar-refractivity contribution is 0.413. The molecular weight excluding hydrogens is 234 g/mol. The SMILES string of the molecule is COc1ccc(NCCc2csc(C)n2)nc1. The molecule has 0 saturated carbocycles. The van der Waals surface area contributed by atoms with Crippen LogP contribution in [0.4, 0.5) is 5.82 Å². The van der Waals surface area contributed by atoms with E-state index in [-0.39, 0.29) is 0 Å². The molecule has 0 aromatic carbocycles. The summed E-state index contributed by atoms with van der Waals surface area (Å²) in [5.41, 5.74) is 1.13. The van der Waals surface area contributed by atoms with Crippen molar-refractivity contribution >= 4 is 17.2 Å². The van der Waals surface area contributed by atoms with Crippen LogP contribution in [0, 0.1) is 6.92 Å². The van der Waals surface area contributed by atoms with Crippen molar-refractivity contribution in [2.75, 3.05) is 19.0 Å². The maximum atomic E-state index is 5.05. The van der Waals surface area contributed by atoms with Gasteiger partial charge in [0.1, 0.15) is 11.6 Å². The molecule has 0 atom stereocenters. The molecule has 0 aliphatic rings. The van der Waals surface area contributed by atoms with Gasteiger partial charge in [0.25, 0.3) is 0 Å². The molecule has 0 aliphatic carbocycles. The Kier molecular flexibility index (Phi) is 3.93. The Morgan fingerprint density at radius 2 is 2.29 bits per heavy atom. The number of thiazole rings is 1. The molecule has 2 heterocycles. The Morgan fingerprint density at radius 3 is 2.88 bits per heavy atom. The quantitative estimate of drug-likeness (QED) is 0.884. The van der Waals surface area contributed by atoms with Crippen LogP contribution in [0.15, 0.2) is 23.7 Å². The molecule has 0 fully saturated rings. The topological polar surface area (TPSA) is 47.0 Å². The first-order chi connectivity index (χ1) is 8.28. The second kappa shape index (κ2) is 5.63. The highest BCUT2D eigenvalue weighted by Gasteiger charge is 1.99. The number of hydrogen-bond acceptors (Lipinski definition) is 5. The molecule has 0 aliphatic heterocycles. The summed E-state index contributed by atoms with van der Waals surface area (Å²) in [5.74, 6) is 1.63. The third kappa shape index (κ3) is 3.42. The number of nitrogens with one attached hydrogen (secondary N) is 1. The fraction of sp³-hybridized carbons (Fsp3) is 0.333. The summed E-state index contributed by atoms with van der Waals surface area (Å²) in [7, 11) is 1.63. The Bertz CT molecular complexity index is 467. The van der Waals surface area contributed by atoms with Gasteiger partial charge in [0.15, 0.2) is 0 Å². The minimum atomic E-state index is 0.769. The van der Waals surface area contributed by atoms with Crippen LogP contribution in [0.3, 0.4) is 0 Å². The van der Waals surface area contributed by atoms with E-state index in [1.165, 1.54) is 0 Å². The second-order valence-corrected chi connectivity index (χ2v) is 4.68. The third-order valence-corrected chi connectivity index (χ3v) is 3.15. The molecule has 1 N–H and O–H groups in total. The van der Waals surface area contributed by atoms with Crippen molar-refractivity contribution in [3.8, 4) is 5.75 Å². The number of anilines is 1. The van der Waals surface area contributed by atoms with Crippen molar-refractivity contribution < 1.29 is 4.74 Å². The van der Waals surface area contributed by atoms with Crippen LogP contribution in [0.2, 0.25) is 0 Å². The minimum Gasteiger partial charge on any atom is -0.495 e. The average molecular weight is 249 g/mol. The summed E-state index contributed by atoms with van der Waals surface area (Å²) < 4.78 is 5.05. The summed E-state index contributed by atoms with van der Waals surface area (Å²) in [6.45, 7) is 2.86. The molecule has 0 spiro atoms. The van der Waals surface area contributed by atoms with Crippen molar-refractivity contribution in [2.24, 2.45) is 0 Å². The maximum Gasteiger partial charge on any atom is 0.137 e. The zero-order chi connectivity index (χ0) is 12.1. The first-order valence-corrected chi connectivity index (χ1v) is 6.31. The van der Waals surface area contributed by atoms with Gasteiger partial charge in [-0.05, 0) is 19.1 Å². The zero-order valence-electron chi connectivity index (χ0n) is 9.93. The molecular formula is C12H15N3OS. The van der Waals surface area contributed by atoms with Gasteiger partial charge in [-0.15, -0.1) is 11.3 Å². The van der Waals surface area contributed by atoms with E-state index in [2.05, 4.69) is 20.7 Å². The highest BCUT2D eigenvalue weighted by Crippen LogP contribution is 2.12. The molecule has 17 heavy (non-hydrogen) atoms. The lowest BCUT2D eigenvalue weighted by Crippen LogP contribution is -2.06. The van der Waals surface area contributed by atoms with Crippen LogP contribution in [0.1, 0.15) is 10.7 Å². The standard InChI is InChI=1S/C12H15N3OS/c1-9-15-10(8-17-9)5-6-13-12-4-3-11(16-2)7-14-12/h3-4,7-8H,5-6H2,1-2H3,(H,13,14). The van der Waals surface area contributed by atoms with Gasteiger partial charge in [0, 0.05) is 18.3 Å². The van der Waals surface area contributed by atoms with E-state index >= 15 is 0 Å². The van der Waals surface area contributed by atoms with Crippen LogP contribution < -0.4 is 10.1 Å². The van der Waals surface area contributed by atoms with Gasteiger partial charge in [-0.1, -0.05) is 0 Å². The Hall–Kier alpha value is -1.62. The predicted molar refractivity (Wildman–Crippen MR) is 69.8 cm³/mol. The van der Waals surface area contributed by atoms with E-state index in [1.807, 2.05) is 19.1 Å². The highest BCUT2D eigenvalue weighted by molar-refractivity contribution is 7.09. The van der Waals surface area contributed by atoms with Crippen molar-refractivity contribution in [2.45, 2.75) is 13.3 Å². The molecule has 5 heteroatoms. The molecule has 0 unspecified atom stereocenters. The minimum absolute atomic E-state index is 0.769. The van der Waals surface area contributed by atoms with Crippen LogP contribution >= 0.6 is 11.3 Å². The average Bonchev–Trinajstić information content (AvgIpc) is 2.76. The third-order valence-electron chi connectivity index (χ3n) is 2.33. The maximum absolute atomic E-state index is 5.05. The fourth-order valence-corrected chi connectivity index (χ4v) is 2.09. The molecule has 0 radical (unpaired) electrons. The van der Waals surface area contributed by atoms with E-state index in [0.717, 1.165) is 35.2 Å². The number of ether oxygens (including phenoxy) is 1. The summed E-state index contributed by atoms with van der Waals surface area (Å²) >= 11 is 1.68. The molecule has 2 aromatic rings. The van der Waals surface area contributed by atoms with Gasteiger partial charge >= 0.3 is 0 Å². The molecule has 2 aromatic heterocycles. The van der Waals surface area contributed by atoms with Gasteiger partial charge in [-0.25, -0.2) is 9.97 Å². The largest absolute Gasteiger partial charge is 0.495 e. The lowest BCUT2D eigenvalue weighted by atomic mass is 10.3. The van der Waals surface area contributed by atoms with E-state index in [0.29, 0.717) is 0 Å². The number of aromatic nitrogens is 2. The summed E-state index contributed by atoms with van der Waals surface area (Å²) in [6, 6.07) is 3.80. The second-order valence-electron chi connectivity index (χ2n) is 3.62. The molecule has 0 bridgehead atoms. The van der Waals surface area contributed by atoms with Crippen molar-refractivity contribution in [1.82, 2.24) is 9.97 Å². The highest BCUT2D eigenvalue weighted by atomic mass is 32.1. The fourth-order valence-electron chi connectivity index (χ4n) is 1.45. The summed E-state index contributed by atoms with van der Waals surface area (Å²) in [4.78, 5) is 8.64. The smallest absolute Gasteiger partial charge is 0.137 e. The zero-order valence-corrected chi connectivity index (χ0v) is 10.8. The Labute approximate surface area is 105 Å². The Balaban J connectivity index is 1.81. The van der Waals surface area contributed by atoms with Crippen LogP contribution in [0.25, 0.3) is 0 Å². The van der Waals surface area contributed by atoms with E-state index in [9.17, 15) is 0 Å². The van der Waals surface area contributed by atoms with Gasteiger partial charge in [0.05, 0.1) is 24.0 Å². The summed E-state index contributed by atoms with van der Waals surface area (Å²) in [6.07, 6.45) is 2.62. The van der Waals surface area contributed by atoms with E-state index in [4.69, 9.17) is 4.74 Å². The molecule has 2 rings (SSSR count). The van der Waals surface area contributed by atoms with Crippen molar-refractivity contribution in [3.05, 3.63) is 34.4 Å². The van der Waals surface area contributed by atoms with E-state index in [1.54, 1.807) is 24.6 Å². The monoisotopic (exact) mass is 249 g/mol. The van der Waals surface area contributed by atoms with Gasteiger partial charge in [0.2, 0.25) is 0 Å². The van der Waals surface area contributed by atoms with Gasteiger partial charge in [-0.3, -0.25) is 0 Å². The van der Waals surface area contributed by atoms with Crippen LogP contribution in [-0.2, 0) is 6.42 Å². The van der Waals surface area contributed by atoms with Crippen molar-refractivity contribution in [1.29, 1.82) is 0 Å². The number of nitrogens with zero attached hydrogens (tertiary/aromatic N) is 2.